The van der Waals surface area contributed by atoms with Gasteiger partial charge in [0.15, 0.2) is 5.82 Å². The Bertz CT molecular complexity index is 1290. The van der Waals surface area contributed by atoms with Gasteiger partial charge in [0.1, 0.15) is 5.75 Å². The van der Waals surface area contributed by atoms with Crippen molar-refractivity contribution in [3.05, 3.63) is 63.8 Å². The van der Waals surface area contributed by atoms with Crippen LogP contribution in [0.2, 0.25) is 0 Å². The first-order valence-corrected chi connectivity index (χ1v) is 10.6. The van der Waals surface area contributed by atoms with Gasteiger partial charge < -0.3 is 25.3 Å². The first-order chi connectivity index (χ1) is 16.5. The van der Waals surface area contributed by atoms with E-state index < -0.39 is 17.8 Å². The average molecular weight is 563 g/mol. The molecule has 9 nitrogen and oxygen atoms in total. The van der Waals surface area contributed by atoms with Crippen LogP contribution in [0.15, 0.2) is 41.5 Å². The number of carbonyl (C=O) groups is 1. The number of aromatic amines is 1. The molecule has 37 heavy (non-hydrogen) atoms. The van der Waals surface area contributed by atoms with Crippen LogP contribution in [-0.2, 0) is 12.7 Å². The molecule has 0 aliphatic rings. The smallest absolute Gasteiger partial charge is 0.416 e. The second kappa shape index (κ2) is 13.3. The molecule has 0 aliphatic heterocycles. The van der Waals surface area contributed by atoms with E-state index in [4.69, 9.17) is 4.74 Å². The quantitative estimate of drug-likeness (QED) is 0.369. The molecule has 0 spiro atoms. The lowest BCUT2D eigenvalue weighted by Crippen LogP contribution is -2.22. The Labute approximate surface area is 223 Å². The molecule has 0 saturated heterocycles. The zero-order valence-corrected chi connectivity index (χ0v) is 22.0. The second-order valence-corrected chi connectivity index (χ2v) is 7.89. The van der Waals surface area contributed by atoms with Gasteiger partial charge in [0.25, 0.3) is 5.56 Å². The summed E-state index contributed by atoms with van der Waals surface area (Å²) in [5.41, 5.74) is 0.0448. The topological polar surface area (TPSA) is 112 Å². The number of carbonyl (C=O) groups excluding carboxylic acids is 1. The van der Waals surface area contributed by atoms with Gasteiger partial charge in [-0.25, -0.2) is 14.8 Å². The summed E-state index contributed by atoms with van der Waals surface area (Å²) in [6.45, 7) is 3.84. The van der Waals surface area contributed by atoms with Crippen LogP contribution in [0.3, 0.4) is 0 Å². The van der Waals surface area contributed by atoms with Crippen LogP contribution >= 0.6 is 24.8 Å². The van der Waals surface area contributed by atoms with Crippen molar-refractivity contribution in [3.8, 4) is 17.1 Å². The summed E-state index contributed by atoms with van der Waals surface area (Å²) in [6, 6.07) is 4.18. The third kappa shape index (κ3) is 8.34. The van der Waals surface area contributed by atoms with Crippen LogP contribution in [0.1, 0.15) is 23.7 Å². The van der Waals surface area contributed by atoms with E-state index in [9.17, 15) is 22.8 Å². The minimum Gasteiger partial charge on any atom is -0.493 e. The normalized spacial score (nSPS) is 10.8. The van der Waals surface area contributed by atoms with Gasteiger partial charge in [-0.05, 0) is 45.6 Å². The molecule has 2 amide bonds. The van der Waals surface area contributed by atoms with Crippen molar-refractivity contribution in [2.24, 2.45) is 0 Å². The summed E-state index contributed by atoms with van der Waals surface area (Å²) in [7, 11) is 3.34. The lowest BCUT2D eigenvalue weighted by Gasteiger charge is -2.18. The molecule has 0 atom stereocenters. The van der Waals surface area contributed by atoms with E-state index in [1.54, 1.807) is 32.8 Å². The number of hydrogen-bond donors (Lipinski definition) is 3. The SMILES string of the molecule is CCOc1cc(=O)[nH]cc1-c1ncc(NC(=O)Nc2ccc(CN(C)C)c(C(F)(F)F)c2)c(C)n1.Cl.Cl. The maximum absolute atomic E-state index is 13.5. The van der Waals surface area contributed by atoms with E-state index in [-0.39, 0.29) is 59.7 Å². The predicted octanol–water partition coefficient (Wildman–Crippen LogP) is 5.11. The van der Waals surface area contributed by atoms with Crippen molar-refractivity contribution in [3.63, 3.8) is 0 Å². The number of anilines is 2. The predicted molar refractivity (Wildman–Crippen MR) is 140 cm³/mol. The average Bonchev–Trinajstić information content (AvgIpc) is 2.75. The van der Waals surface area contributed by atoms with Crippen LogP contribution in [0.25, 0.3) is 11.4 Å². The number of hydrogen-bond acceptors (Lipinski definition) is 6. The number of halogens is 5. The molecular weight excluding hydrogens is 536 g/mol. The van der Waals surface area contributed by atoms with Crippen molar-refractivity contribution in [1.82, 2.24) is 19.9 Å². The van der Waals surface area contributed by atoms with Crippen molar-refractivity contribution in [2.75, 3.05) is 31.3 Å². The third-order valence-electron chi connectivity index (χ3n) is 4.81. The number of aromatic nitrogens is 3. The van der Waals surface area contributed by atoms with E-state index >= 15 is 0 Å². The Morgan fingerprint density at radius 1 is 1.16 bits per heavy atom. The molecule has 0 unspecified atom stereocenters. The first-order valence-electron chi connectivity index (χ1n) is 10.6. The zero-order chi connectivity index (χ0) is 25.8. The van der Waals surface area contributed by atoms with Crippen LogP contribution in [0, 0.1) is 6.92 Å². The summed E-state index contributed by atoms with van der Waals surface area (Å²) >= 11 is 0. The van der Waals surface area contributed by atoms with Crippen LogP contribution < -0.4 is 20.9 Å². The molecule has 0 radical (unpaired) electrons. The number of nitrogens with one attached hydrogen (secondary N) is 3. The molecule has 0 bridgehead atoms. The van der Waals surface area contributed by atoms with Gasteiger partial charge in [-0.15, -0.1) is 24.8 Å². The second-order valence-electron chi connectivity index (χ2n) is 7.89. The fourth-order valence-electron chi connectivity index (χ4n) is 3.30. The zero-order valence-electron chi connectivity index (χ0n) is 20.4. The lowest BCUT2D eigenvalue weighted by atomic mass is 10.1. The van der Waals surface area contributed by atoms with Crippen LogP contribution in [-0.4, -0.2) is 46.6 Å². The highest BCUT2D eigenvalue weighted by Gasteiger charge is 2.33. The summed E-state index contributed by atoms with van der Waals surface area (Å²) < 4.78 is 46.0. The number of benzene rings is 1. The van der Waals surface area contributed by atoms with Gasteiger partial charge in [-0.1, -0.05) is 6.07 Å². The molecule has 202 valence electrons. The molecule has 3 aromatic rings. The number of nitrogens with zero attached hydrogens (tertiary/aromatic N) is 3. The Morgan fingerprint density at radius 2 is 1.86 bits per heavy atom. The summed E-state index contributed by atoms with van der Waals surface area (Å²) in [4.78, 5) is 36.8. The van der Waals surface area contributed by atoms with Crippen molar-refractivity contribution < 1.29 is 22.7 Å². The molecule has 2 heterocycles. The molecule has 0 saturated carbocycles. The van der Waals surface area contributed by atoms with Crippen LogP contribution in [0.4, 0.5) is 29.3 Å². The van der Waals surface area contributed by atoms with Crippen molar-refractivity contribution in [2.45, 2.75) is 26.6 Å². The molecular formula is C23H27Cl2F3N6O3. The van der Waals surface area contributed by atoms with Crippen molar-refractivity contribution in [1.29, 1.82) is 0 Å². The van der Waals surface area contributed by atoms with E-state index in [0.717, 1.165) is 6.07 Å². The van der Waals surface area contributed by atoms with Gasteiger partial charge in [-0.3, -0.25) is 4.79 Å². The number of H-pyrrole nitrogens is 1. The molecule has 0 aliphatic carbocycles. The van der Waals surface area contributed by atoms with Gasteiger partial charge in [-0.2, -0.15) is 13.2 Å². The van der Waals surface area contributed by atoms with E-state index in [1.165, 1.54) is 30.6 Å². The maximum Gasteiger partial charge on any atom is 0.416 e. The number of pyridine rings is 1. The molecule has 3 N–H and O–H groups in total. The Morgan fingerprint density at radius 3 is 2.46 bits per heavy atom. The van der Waals surface area contributed by atoms with E-state index in [2.05, 4.69) is 25.6 Å². The highest BCUT2D eigenvalue weighted by atomic mass is 35.5. The molecule has 2 aromatic heterocycles. The third-order valence-corrected chi connectivity index (χ3v) is 4.81. The van der Waals surface area contributed by atoms with Gasteiger partial charge in [0.05, 0.1) is 35.3 Å². The summed E-state index contributed by atoms with van der Waals surface area (Å²) in [5.74, 6) is 0.576. The van der Waals surface area contributed by atoms with E-state index in [1.807, 2.05) is 0 Å². The van der Waals surface area contributed by atoms with Crippen molar-refractivity contribution >= 4 is 42.2 Å². The number of amides is 2. The Kier molecular flexibility index (Phi) is 11.4. The molecule has 3 rings (SSSR count). The largest absolute Gasteiger partial charge is 0.493 e. The monoisotopic (exact) mass is 562 g/mol. The fourth-order valence-corrected chi connectivity index (χ4v) is 3.30. The van der Waals surface area contributed by atoms with Gasteiger partial charge in [0, 0.05) is 24.5 Å². The van der Waals surface area contributed by atoms with Gasteiger partial charge in [0.2, 0.25) is 0 Å². The summed E-state index contributed by atoms with van der Waals surface area (Å²) in [6.07, 6.45) is -1.78. The number of ether oxygens (including phenoxy) is 1. The number of rotatable bonds is 7. The Hall–Kier alpha value is -3.35. The Balaban J connectivity index is 0.00000342. The minimum absolute atomic E-state index is 0. The number of urea groups is 1. The maximum atomic E-state index is 13.5. The standard InChI is InChI=1S/C23H25F3N6O3.2ClH/c1-5-35-19-9-20(33)27-10-16(19)21-28-11-18(13(2)29-21)31-22(34)30-15-7-6-14(12-32(3)4)17(8-15)23(24,25)26;;/h6-11H,5,12H2,1-4H3,(H,27,33)(H2,30,31,34);2*1H. The summed E-state index contributed by atoms with van der Waals surface area (Å²) in [5, 5.41) is 4.95. The van der Waals surface area contributed by atoms with E-state index in [0.29, 0.717) is 23.6 Å². The fraction of sp³-hybridized carbons (Fsp3) is 0.304. The first kappa shape index (κ1) is 31.7. The molecule has 14 heteroatoms. The lowest BCUT2D eigenvalue weighted by molar-refractivity contribution is -0.138. The minimum atomic E-state index is -4.57. The number of aryl methyl sites for hydroxylation is 1. The highest BCUT2D eigenvalue weighted by molar-refractivity contribution is 6.00. The van der Waals surface area contributed by atoms with Gasteiger partial charge >= 0.3 is 12.2 Å². The molecule has 1 aromatic carbocycles. The highest BCUT2D eigenvalue weighted by Crippen LogP contribution is 2.34. The molecule has 0 fully saturated rings. The number of alkyl halides is 3. The van der Waals surface area contributed by atoms with Crippen LogP contribution in [0.5, 0.6) is 5.75 Å².